The van der Waals surface area contributed by atoms with Gasteiger partial charge >= 0.3 is 7.12 Å². The first kappa shape index (κ1) is 17.4. The van der Waals surface area contributed by atoms with Crippen LogP contribution in [0.25, 0.3) is 27.3 Å². The molecule has 4 aromatic rings. The van der Waals surface area contributed by atoms with Crippen LogP contribution < -0.4 is 11.0 Å². The lowest BCUT2D eigenvalue weighted by Gasteiger charge is -2.32. The van der Waals surface area contributed by atoms with E-state index in [2.05, 4.69) is 11.1 Å². The van der Waals surface area contributed by atoms with E-state index in [9.17, 15) is 4.79 Å². The van der Waals surface area contributed by atoms with Crippen LogP contribution in [0.1, 0.15) is 27.7 Å². The predicted molar refractivity (Wildman–Crippen MR) is 112 cm³/mol. The molecule has 1 aliphatic heterocycles. The van der Waals surface area contributed by atoms with Gasteiger partial charge in [-0.1, -0.05) is 30.3 Å². The van der Waals surface area contributed by atoms with Gasteiger partial charge < -0.3 is 13.7 Å². The van der Waals surface area contributed by atoms with Crippen LogP contribution in [0.2, 0.25) is 0 Å². The van der Waals surface area contributed by atoms with Crippen LogP contribution in [0.4, 0.5) is 0 Å². The Balaban J connectivity index is 1.69. The van der Waals surface area contributed by atoms with Gasteiger partial charge in [-0.25, -0.2) is 0 Å². The van der Waals surface area contributed by atoms with Crippen molar-refractivity contribution in [2.24, 2.45) is 0 Å². The van der Waals surface area contributed by atoms with Crippen molar-refractivity contribution in [3.8, 4) is 0 Å². The van der Waals surface area contributed by atoms with E-state index in [1.54, 1.807) is 0 Å². The van der Waals surface area contributed by atoms with Crippen LogP contribution in [0.3, 0.4) is 0 Å². The molecule has 5 rings (SSSR count). The number of aromatic nitrogens is 2. The van der Waals surface area contributed by atoms with Crippen LogP contribution in [0.15, 0.2) is 59.5 Å². The third-order valence-electron chi connectivity index (χ3n) is 6.07. The van der Waals surface area contributed by atoms with Crippen molar-refractivity contribution in [1.29, 1.82) is 0 Å². The number of fused-ring (bicyclic) bond motifs is 5. The largest absolute Gasteiger partial charge is 0.494 e. The number of para-hydroxylation sites is 1. The standard InChI is InChI=1S/C22H21BN2O3/c1-21(2)22(3,4)28-23(27-21)15-9-10-16-14(13-15)11-12-25-18-8-6-5-7-17(18)20(26)24-19(16)25/h5-13H,1-4H3. The Hall–Kier alpha value is -2.70. The summed E-state index contributed by atoms with van der Waals surface area (Å²) in [5, 5.41) is 2.54. The van der Waals surface area contributed by atoms with Crippen molar-refractivity contribution in [2.45, 2.75) is 38.9 Å². The summed E-state index contributed by atoms with van der Waals surface area (Å²) < 4.78 is 14.3. The summed E-state index contributed by atoms with van der Waals surface area (Å²) in [5.41, 5.74) is 1.49. The second kappa shape index (κ2) is 5.66. The molecule has 0 spiro atoms. The lowest BCUT2D eigenvalue weighted by molar-refractivity contribution is 0.00578. The van der Waals surface area contributed by atoms with Gasteiger partial charge in [0.25, 0.3) is 5.56 Å². The first-order chi connectivity index (χ1) is 13.3. The van der Waals surface area contributed by atoms with Crippen molar-refractivity contribution in [1.82, 2.24) is 9.38 Å². The van der Waals surface area contributed by atoms with Gasteiger partial charge in [0.1, 0.15) is 5.65 Å². The summed E-state index contributed by atoms with van der Waals surface area (Å²) in [5.74, 6) is 0. The molecule has 140 valence electrons. The molecule has 0 radical (unpaired) electrons. The summed E-state index contributed by atoms with van der Waals surface area (Å²) in [7, 11) is -0.419. The van der Waals surface area contributed by atoms with Gasteiger partial charge in [-0.05, 0) is 56.7 Å². The molecular weight excluding hydrogens is 351 g/mol. The molecule has 6 heteroatoms. The molecule has 2 aromatic carbocycles. The monoisotopic (exact) mass is 372 g/mol. The Morgan fingerprint density at radius 2 is 1.64 bits per heavy atom. The summed E-state index contributed by atoms with van der Waals surface area (Å²) in [6.07, 6.45) is 1.96. The van der Waals surface area contributed by atoms with Gasteiger partial charge in [0.15, 0.2) is 0 Å². The van der Waals surface area contributed by atoms with Crippen LogP contribution >= 0.6 is 0 Å². The third-order valence-corrected chi connectivity index (χ3v) is 6.07. The van der Waals surface area contributed by atoms with Crippen LogP contribution in [-0.4, -0.2) is 27.7 Å². The first-order valence-corrected chi connectivity index (χ1v) is 9.46. The average molecular weight is 372 g/mol. The number of hydrogen-bond acceptors (Lipinski definition) is 4. The van der Waals surface area contributed by atoms with Gasteiger partial charge in [0, 0.05) is 11.6 Å². The predicted octanol–water partition coefficient (Wildman–Crippen LogP) is 3.30. The zero-order valence-electron chi connectivity index (χ0n) is 16.4. The maximum Gasteiger partial charge on any atom is 0.494 e. The van der Waals surface area contributed by atoms with Gasteiger partial charge in [0.2, 0.25) is 0 Å². The normalized spacial score (nSPS) is 18.4. The molecule has 1 aliphatic rings. The fourth-order valence-electron chi connectivity index (χ4n) is 3.73. The van der Waals surface area contributed by atoms with Gasteiger partial charge in [0.05, 0.1) is 22.1 Å². The molecule has 28 heavy (non-hydrogen) atoms. The highest BCUT2D eigenvalue weighted by molar-refractivity contribution is 6.62. The molecule has 0 N–H and O–H groups in total. The number of benzene rings is 2. The van der Waals surface area contributed by atoms with E-state index in [4.69, 9.17) is 9.31 Å². The second-order valence-corrected chi connectivity index (χ2v) is 8.38. The number of hydrogen-bond donors (Lipinski definition) is 0. The minimum atomic E-state index is -0.419. The smallest absolute Gasteiger partial charge is 0.399 e. The molecule has 0 bridgehead atoms. The third kappa shape index (κ3) is 2.41. The highest BCUT2D eigenvalue weighted by atomic mass is 16.7. The van der Waals surface area contributed by atoms with Crippen molar-refractivity contribution >= 4 is 39.9 Å². The fraction of sp³-hybridized carbons (Fsp3) is 0.273. The molecule has 0 unspecified atom stereocenters. The number of nitrogens with zero attached hydrogens (tertiary/aromatic N) is 2. The summed E-state index contributed by atoms with van der Waals surface area (Å²) >= 11 is 0. The van der Waals surface area contributed by atoms with Crippen LogP contribution in [0.5, 0.6) is 0 Å². The number of pyridine rings is 1. The van der Waals surface area contributed by atoms with E-state index in [0.29, 0.717) is 11.0 Å². The fourth-order valence-corrected chi connectivity index (χ4v) is 3.73. The Morgan fingerprint density at radius 3 is 2.39 bits per heavy atom. The molecule has 0 saturated carbocycles. The Labute approximate surface area is 163 Å². The van der Waals surface area contributed by atoms with Gasteiger partial charge in [-0.15, -0.1) is 0 Å². The molecular formula is C22H21BN2O3. The minimum Gasteiger partial charge on any atom is -0.399 e. The SMILES string of the molecule is CC1(C)OB(c2ccc3c(ccn4c5ccccc5c(=O)nc34)c2)OC1(C)C. The van der Waals surface area contributed by atoms with E-state index < -0.39 is 7.12 Å². The van der Waals surface area contributed by atoms with Crippen molar-refractivity contribution in [3.05, 3.63) is 65.1 Å². The minimum absolute atomic E-state index is 0.210. The maximum absolute atomic E-state index is 12.5. The zero-order chi connectivity index (χ0) is 19.7. The van der Waals surface area contributed by atoms with Crippen LogP contribution in [-0.2, 0) is 9.31 Å². The van der Waals surface area contributed by atoms with Crippen LogP contribution in [0, 0.1) is 0 Å². The van der Waals surface area contributed by atoms with E-state index in [0.717, 1.165) is 21.8 Å². The lowest BCUT2D eigenvalue weighted by atomic mass is 9.78. The quantitative estimate of drug-likeness (QED) is 0.380. The molecule has 5 nitrogen and oxygen atoms in total. The highest BCUT2D eigenvalue weighted by Crippen LogP contribution is 2.36. The van der Waals surface area contributed by atoms with Crippen molar-refractivity contribution in [2.75, 3.05) is 0 Å². The molecule has 0 aliphatic carbocycles. The van der Waals surface area contributed by atoms with E-state index in [1.807, 2.05) is 80.8 Å². The Morgan fingerprint density at radius 1 is 0.929 bits per heavy atom. The number of rotatable bonds is 1. The molecule has 1 saturated heterocycles. The molecule has 0 amide bonds. The molecule has 1 fully saturated rings. The summed E-state index contributed by atoms with van der Waals surface area (Å²) in [4.78, 5) is 16.8. The van der Waals surface area contributed by atoms with Gasteiger partial charge in [-0.3, -0.25) is 4.79 Å². The maximum atomic E-state index is 12.5. The van der Waals surface area contributed by atoms with Crippen molar-refractivity contribution < 1.29 is 9.31 Å². The lowest BCUT2D eigenvalue weighted by Crippen LogP contribution is -2.41. The van der Waals surface area contributed by atoms with E-state index >= 15 is 0 Å². The molecule has 2 aromatic heterocycles. The Kier molecular flexibility index (Phi) is 3.52. The van der Waals surface area contributed by atoms with E-state index in [1.165, 1.54) is 0 Å². The zero-order valence-corrected chi connectivity index (χ0v) is 16.4. The molecule has 3 heterocycles. The van der Waals surface area contributed by atoms with E-state index in [-0.39, 0.29) is 16.8 Å². The highest BCUT2D eigenvalue weighted by Gasteiger charge is 2.51. The van der Waals surface area contributed by atoms with Crippen molar-refractivity contribution in [3.63, 3.8) is 0 Å². The summed E-state index contributed by atoms with van der Waals surface area (Å²) in [6.45, 7) is 8.18. The average Bonchev–Trinajstić information content (AvgIpc) is 2.89. The first-order valence-electron chi connectivity index (χ1n) is 9.46. The second-order valence-electron chi connectivity index (χ2n) is 8.38. The van der Waals surface area contributed by atoms with Gasteiger partial charge in [-0.2, -0.15) is 4.98 Å². The Bertz CT molecular complexity index is 1290. The summed E-state index contributed by atoms with van der Waals surface area (Å²) in [6, 6.07) is 15.6. The topological polar surface area (TPSA) is 52.8 Å². The molecule has 0 atom stereocenters.